The molecule has 1 aromatic carbocycles. The molecule has 84 valence electrons. The molecule has 0 spiro atoms. The normalized spacial score (nSPS) is 10.8. The quantitative estimate of drug-likeness (QED) is 0.847. The van der Waals surface area contributed by atoms with Gasteiger partial charge in [0.05, 0.1) is 23.5 Å². The highest BCUT2D eigenvalue weighted by Gasteiger charge is 2.10. The molecule has 2 aromatic rings. The Labute approximate surface area is 97.5 Å². The van der Waals surface area contributed by atoms with E-state index in [-0.39, 0.29) is 5.82 Å². The molecule has 3 N–H and O–H groups in total. The van der Waals surface area contributed by atoms with Crippen molar-refractivity contribution in [2.24, 2.45) is 5.73 Å². The molecule has 3 nitrogen and oxygen atoms in total. The van der Waals surface area contributed by atoms with Gasteiger partial charge in [0.1, 0.15) is 11.6 Å². The van der Waals surface area contributed by atoms with Crippen LogP contribution < -0.4 is 5.73 Å². The Morgan fingerprint density at radius 1 is 1.50 bits per heavy atom. The minimum absolute atomic E-state index is 0.289. The number of imidazole rings is 1. The molecular formula is C11H11ClFN3. The van der Waals surface area contributed by atoms with Gasteiger partial charge in [-0.2, -0.15) is 0 Å². The summed E-state index contributed by atoms with van der Waals surface area (Å²) in [6.07, 6.45) is 1.60. The SMILES string of the molecule is Cc1cc(Cl)c(-c2cnc(CN)[nH]2)cc1F. The first-order valence-electron chi connectivity index (χ1n) is 4.81. The first-order valence-corrected chi connectivity index (χ1v) is 5.19. The number of hydrogen-bond acceptors (Lipinski definition) is 2. The summed E-state index contributed by atoms with van der Waals surface area (Å²) in [5.41, 5.74) is 7.22. The van der Waals surface area contributed by atoms with Crippen molar-refractivity contribution < 1.29 is 4.39 Å². The predicted octanol–water partition coefficient (Wildman–Crippen LogP) is 2.64. The molecule has 0 aliphatic rings. The summed E-state index contributed by atoms with van der Waals surface area (Å²) < 4.78 is 13.4. The Morgan fingerprint density at radius 2 is 2.25 bits per heavy atom. The average Bonchev–Trinajstić information content (AvgIpc) is 2.71. The Hall–Kier alpha value is -1.39. The number of halogens is 2. The van der Waals surface area contributed by atoms with Gasteiger partial charge in [0.2, 0.25) is 0 Å². The smallest absolute Gasteiger partial charge is 0.126 e. The van der Waals surface area contributed by atoms with E-state index in [9.17, 15) is 4.39 Å². The lowest BCUT2D eigenvalue weighted by atomic mass is 10.1. The lowest BCUT2D eigenvalue weighted by Crippen LogP contribution is -1.97. The molecule has 0 radical (unpaired) electrons. The van der Waals surface area contributed by atoms with Gasteiger partial charge in [-0.1, -0.05) is 11.6 Å². The molecule has 0 aliphatic heterocycles. The number of rotatable bonds is 2. The summed E-state index contributed by atoms with van der Waals surface area (Å²) in [6.45, 7) is 1.98. The molecule has 2 rings (SSSR count). The van der Waals surface area contributed by atoms with Gasteiger partial charge in [-0.3, -0.25) is 0 Å². The van der Waals surface area contributed by atoms with Gasteiger partial charge >= 0.3 is 0 Å². The summed E-state index contributed by atoms with van der Waals surface area (Å²) in [6, 6.07) is 2.99. The van der Waals surface area contributed by atoms with E-state index >= 15 is 0 Å². The third kappa shape index (κ3) is 1.94. The Bertz CT molecular complexity index is 522. The predicted molar refractivity (Wildman–Crippen MR) is 61.6 cm³/mol. The minimum atomic E-state index is -0.289. The van der Waals surface area contributed by atoms with Crippen molar-refractivity contribution in [2.45, 2.75) is 13.5 Å². The highest BCUT2D eigenvalue weighted by molar-refractivity contribution is 6.33. The van der Waals surface area contributed by atoms with Crippen molar-refractivity contribution in [3.8, 4) is 11.3 Å². The third-order valence-corrected chi connectivity index (χ3v) is 2.67. The second kappa shape index (κ2) is 4.23. The zero-order chi connectivity index (χ0) is 11.7. The van der Waals surface area contributed by atoms with E-state index in [2.05, 4.69) is 9.97 Å². The van der Waals surface area contributed by atoms with E-state index in [1.165, 1.54) is 6.07 Å². The maximum absolute atomic E-state index is 13.4. The fourth-order valence-corrected chi connectivity index (χ4v) is 1.78. The summed E-state index contributed by atoms with van der Waals surface area (Å²) in [5.74, 6) is 0.357. The Balaban J connectivity index is 2.51. The van der Waals surface area contributed by atoms with Gasteiger partial charge in [-0.05, 0) is 24.6 Å². The first-order chi connectivity index (χ1) is 7.61. The molecule has 0 unspecified atom stereocenters. The maximum atomic E-state index is 13.4. The molecule has 1 heterocycles. The van der Waals surface area contributed by atoms with Crippen LogP contribution in [0.2, 0.25) is 5.02 Å². The number of nitrogens with two attached hydrogens (primary N) is 1. The van der Waals surface area contributed by atoms with Crippen LogP contribution in [0.5, 0.6) is 0 Å². The molecule has 0 aliphatic carbocycles. The molecule has 5 heteroatoms. The van der Waals surface area contributed by atoms with Crippen molar-refractivity contribution in [2.75, 3.05) is 0 Å². The van der Waals surface area contributed by atoms with E-state index in [1.54, 1.807) is 19.2 Å². The summed E-state index contributed by atoms with van der Waals surface area (Å²) in [5, 5.41) is 0.492. The maximum Gasteiger partial charge on any atom is 0.126 e. The van der Waals surface area contributed by atoms with Gasteiger partial charge in [0.15, 0.2) is 0 Å². The van der Waals surface area contributed by atoms with Crippen molar-refractivity contribution >= 4 is 11.6 Å². The molecule has 0 saturated carbocycles. The lowest BCUT2D eigenvalue weighted by Gasteiger charge is -2.04. The number of H-pyrrole nitrogens is 1. The van der Waals surface area contributed by atoms with Gasteiger partial charge in [0, 0.05) is 5.56 Å². The number of aromatic nitrogens is 2. The minimum Gasteiger partial charge on any atom is -0.341 e. The lowest BCUT2D eigenvalue weighted by molar-refractivity contribution is 0.619. The summed E-state index contributed by atoms with van der Waals surface area (Å²) in [7, 11) is 0. The van der Waals surface area contributed by atoms with E-state index in [0.29, 0.717) is 34.2 Å². The van der Waals surface area contributed by atoms with Crippen LogP contribution >= 0.6 is 11.6 Å². The zero-order valence-corrected chi connectivity index (χ0v) is 9.48. The second-order valence-corrected chi connectivity index (χ2v) is 3.94. The Morgan fingerprint density at radius 3 is 2.88 bits per heavy atom. The van der Waals surface area contributed by atoms with Crippen LogP contribution in [-0.4, -0.2) is 9.97 Å². The molecular weight excluding hydrogens is 229 g/mol. The average molecular weight is 240 g/mol. The Kier molecular flexibility index (Phi) is 2.94. The van der Waals surface area contributed by atoms with Crippen LogP contribution in [0.1, 0.15) is 11.4 Å². The molecule has 16 heavy (non-hydrogen) atoms. The molecule has 0 saturated heterocycles. The highest BCUT2D eigenvalue weighted by Crippen LogP contribution is 2.28. The zero-order valence-electron chi connectivity index (χ0n) is 8.72. The highest BCUT2D eigenvalue weighted by atomic mass is 35.5. The first kappa shape index (κ1) is 11.1. The van der Waals surface area contributed by atoms with E-state index in [0.717, 1.165) is 0 Å². The topological polar surface area (TPSA) is 54.7 Å². The third-order valence-electron chi connectivity index (χ3n) is 2.36. The van der Waals surface area contributed by atoms with Crippen molar-refractivity contribution in [3.63, 3.8) is 0 Å². The molecule has 0 atom stereocenters. The van der Waals surface area contributed by atoms with E-state index < -0.39 is 0 Å². The van der Waals surface area contributed by atoms with Crippen LogP contribution in [0.25, 0.3) is 11.3 Å². The number of aryl methyl sites for hydroxylation is 1. The van der Waals surface area contributed by atoms with Crippen LogP contribution in [-0.2, 0) is 6.54 Å². The van der Waals surface area contributed by atoms with Crippen LogP contribution in [0.4, 0.5) is 4.39 Å². The van der Waals surface area contributed by atoms with Gasteiger partial charge in [0.25, 0.3) is 0 Å². The standard InChI is InChI=1S/C11H11ClFN3/c1-6-2-8(12)7(3-9(6)13)10-5-15-11(4-14)16-10/h2-3,5H,4,14H2,1H3,(H,15,16). The second-order valence-electron chi connectivity index (χ2n) is 3.53. The summed E-state index contributed by atoms with van der Waals surface area (Å²) in [4.78, 5) is 7.02. The molecule has 1 aromatic heterocycles. The number of nitrogens with one attached hydrogen (secondary N) is 1. The number of aromatic amines is 1. The number of nitrogens with zero attached hydrogens (tertiary/aromatic N) is 1. The van der Waals surface area contributed by atoms with Crippen LogP contribution in [0, 0.1) is 12.7 Å². The van der Waals surface area contributed by atoms with Crippen molar-refractivity contribution in [3.05, 3.63) is 40.6 Å². The number of hydrogen-bond donors (Lipinski definition) is 2. The molecule has 0 fully saturated rings. The fourth-order valence-electron chi connectivity index (χ4n) is 1.46. The van der Waals surface area contributed by atoms with E-state index in [4.69, 9.17) is 17.3 Å². The molecule has 0 amide bonds. The van der Waals surface area contributed by atoms with Gasteiger partial charge in [-0.25, -0.2) is 9.37 Å². The monoisotopic (exact) mass is 239 g/mol. The molecule has 0 bridgehead atoms. The van der Waals surface area contributed by atoms with Gasteiger partial charge in [-0.15, -0.1) is 0 Å². The van der Waals surface area contributed by atoms with Gasteiger partial charge < -0.3 is 10.7 Å². The fraction of sp³-hybridized carbons (Fsp3) is 0.182. The van der Waals surface area contributed by atoms with E-state index in [1.807, 2.05) is 0 Å². The summed E-state index contributed by atoms with van der Waals surface area (Å²) >= 11 is 6.04. The number of benzene rings is 1. The van der Waals surface area contributed by atoms with Crippen molar-refractivity contribution in [1.82, 2.24) is 9.97 Å². The van der Waals surface area contributed by atoms with Crippen LogP contribution in [0.15, 0.2) is 18.3 Å². The largest absolute Gasteiger partial charge is 0.341 e. The van der Waals surface area contributed by atoms with Crippen molar-refractivity contribution in [1.29, 1.82) is 0 Å². The van der Waals surface area contributed by atoms with Crippen LogP contribution in [0.3, 0.4) is 0 Å².